The molecule has 184 valence electrons. The largest absolute Gasteiger partial charge is 0.497 e. The SMILES string of the molecule is COc1ccc2nc(-n3nc(-c4cccs4)cc3-c3cn(-c4ccccc4)nc3-c3ccccc3)sc2c1. The summed E-state index contributed by atoms with van der Waals surface area (Å²) in [6.07, 6.45) is 2.08. The van der Waals surface area contributed by atoms with Crippen molar-refractivity contribution in [1.29, 1.82) is 0 Å². The summed E-state index contributed by atoms with van der Waals surface area (Å²) >= 11 is 3.26. The number of nitrogens with zero attached hydrogens (tertiary/aromatic N) is 5. The van der Waals surface area contributed by atoms with Crippen LogP contribution in [0.2, 0.25) is 0 Å². The van der Waals surface area contributed by atoms with Crippen LogP contribution in [-0.2, 0) is 0 Å². The van der Waals surface area contributed by atoms with Crippen LogP contribution in [0.1, 0.15) is 0 Å². The number of thiazole rings is 1. The van der Waals surface area contributed by atoms with Crippen LogP contribution in [0.5, 0.6) is 5.75 Å². The van der Waals surface area contributed by atoms with E-state index >= 15 is 0 Å². The Kier molecular flexibility index (Phi) is 5.61. The number of hydrogen-bond donors (Lipinski definition) is 0. The highest BCUT2D eigenvalue weighted by Gasteiger charge is 2.22. The lowest BCUT2D eigenvalue weighted by Gasteiger charge is -2.04. The van der Waals surface area contributed by atoms with Crippen molar-refractivity contribution in [1.82, 2.24) is 24.5 Å². The average Bonchev–Trinajstić information content (AvgIpc) is 3.78. The Labute approximate surface area is 227 Å². The van der Waals surface area contributed by atoms with Gasteiger partial charge < -0.3 is 4.74 Å². The Morgan fingerprint density at radius 3 is 2.39 bits per heavy atom. The normalized spacial score (nSPS) is 11.3. The summed E-state index contributed by atoms with van der Waals surface area (Å²) in [6.45, 7) is 0. The van der Waals surface area contributed by atoms with Crippen molar-refractivity contribution >= 4 is 32.9 Å². The molecule has 0 spiro atoms. The average molecular weight is 532 g/mol. The minimum Gasteiger partial charge on any atom is -0.497 e. The summed E-state index contributed by atoms with van der Waals surface area (Å²) in [7, 11) is 1.68. The van der Waals surface area contributed by atoms with Crippen LogP contribution in [-0.4, -0.2) is 31.7 Å². The zero-order valence-electron chi connectivity index (χ0n) is 20.4. The molecule has 0 unspecified atom stereocenters. The topological polar surface area (TPSA) is 57.8 Å². The maximum absolute atomic E-state index is 5.44. The van der Waals surface area contributed by atoms with Gasteiger partial charge in [0.25, 0.3) is 0 Å². The van der Waals surface area contributed by atoms with Gasteiger partial charge in [0.15, 0.2) is 0 Å². The molecule has 0 saturated heterocycles. The molecule has 0 saturated carbocycles. The first kappa shape index (κ1) is 22.7. The molecule has 0 aliphatic carbocycles. The number of ether oxygens (including phenoxy) is 1. The lowest BCUT2D eigenvalue weighted by atomic mass is 10.1. The quantitative estimate of drug-likeness (QED) is 0.220. The third-order valence-corrected chi connectivity index (χ3v) is 8.19. The van der Waals surface area contributed by atoms with Crippen LogP contribution in [0.15, 0.2) is 109 Å². The number of hydrogen-bond acceptors (Lipinski definition) is 6. The Balaban J connectivity index is 1.47. The third-order valence-electron chi connectivity index (χ3n) is 6.31. The number of aromatic nitrogens is 5. The van der Waals surface area contributed by atoms with E-state index in [0.717, 1.165) is 59.9 Å². The molecule has 7 rings (SSSR count). The smallest absolute Gasteiger partial charge is 0.212 e. The molecule has 3 aromatic carbocycles. The van der Waals surface area contributed by atoms with Crippen LogP contribution in [0.25, 0.3) is 54.1 Å². The Morgan fingerprint density at radius 2 is 1.63 bits per heavy atom. The number of rotatable bonds is 6. The van der Waals surface area contributed by atoms with E-state index in [0.29, 0.717) is 0 Å². The van der Waals surface area contributed by atoms with Crippen molar-refractivity contribution in [3.8, 4) is 49.7 Å². The Hall–Kier alpha value is -4.53. The Bertz CT molecular complexity index is 1850. The summed E-state index contributed by atoms with van der Waals surface area (Å²) in [4.78, 5) is 6.05. The van der Waals surface area contributed by atoms with Gasteiger partial charge in [0.2, 0.25) is 5.13 Å². The molecule has 6 nitrogen and oxygen atoms in total. The molecule has 7 aromatic rings. The van der Waals surface area contributed by atoms with Gasteiger partial charge in [0.1, 0.15) is 17.1 Å². The Morgan fingerprint density at radius 1 is 0.816 bits per heavy atom. The maximum Gasteiger partial charge on any atom is 0.212 e. The van der Waals surface area contributed by atoms with Gasteiger partial charge in [0, 0.05) is 17.3 Å². The molecule has 0 atom stereocenters. The van der Waals surface area contributed by atoms with Crippen LogP contribution in [0, 0.1) is 0 Å². The van der Waals surface area contributed by atoms with E-state index in [1.165, 1.54) is 0 Å². The second kappa shape index (κ2) is 9.41. The van der Waals surface area contributed by atoms with Gasteiger partial charge in [-0.1, -0.05) is 65.9 Å². The van der Waals surface area contributed by atoms with Crippen LogP contribution >= 0.6 is 22.7 Å². The minimum absolute atomic E-state index is 0.789. The van der Waals surface area contributed by atoms with Gasteiger partial charge in [-0.15, -0.1) is 11.3 Å². The second-order valence-corrected chi connectivity index (χ2v) is 10.6. The van der Waals surface area contributed by atoms with Gasteiger partial charge in [-0.05, 0) is 47.8 Å². The third kappa shape index (κ3) is 4.00. The standard InChI is InChI=1S/C30H21N5OS2/c1-36-22-14-15-24-28(17-22)38-30(31-24)35-26(18-25(32-35)27-13-8-16-37-27)23-19-34(21-11-6-3-7-12-21)33-29(23)20-9-4-2-5-10-20/h2-19H,1H3. The maximum atomic E-state index is 5.44. The highest BCUT2D eigenvalue weighted by Crippen LogP contribution is 2.38. The molecular weight excluding hydrogens is 510 g/mol. The second-order valence-electron chi connectivity index (χ2n) is 8.67. The summed E-state index contributed by atoms with van der Waals surface area (Å²) < 4.78 is 10.4. The molecule has 8 heteroatoms. The molecule has 38 heavy (non-hydrogen) atoms. The molecule has 0 amide bonds. The summed E-state index contributed by atoms with van der Waals surface area (Å²) in [5, 5.41) is 13.0. The zero-order valence-corrected chi connectivity index (χ0v) is 22.0. The molecule has 0 fully saturated rings. The van der Waals surface area contributed by atoms with Gasteiger partial charge in [-0.25, -0.2) is 14.3 Å². The molecule has 0 aliphatic heterocycles. The molecule has 0 bridgehead atoms. The fourth-order valence-electron chi connectivity index (χ4n) is 4.46. The van der Waals surface area contributed by atoms with Gasteiger partial charge in [-0.3, -0.25) is 0 Å². The first-order valence-electron chi connectivity index (χ1n) is 12.1. The van der Waals surface area contributed by atoms with Gasteiger partial charge in [-0.2, -0.15) is 10.2 Å². The van der Waals surface area contributed by atoms with Gasteiger partial charge in [0.05, 0.1) is 33.6 Å². The number of fused-ring (bicyclic) bond motifs is 1. The molecule has 4 heterocycles. The minimum atomic E-state index is 0.789. The predicted octanol–water partition coefficient (Wildman–Crippen LogP) is 7.74. The lowest BCUT2D eigenvalue weighted by Crippen LogP contribution is -1.98. The van der Waals surface area contributed by atoms with Crippen molar-refractivity contribution in [2.75, 3.05) is 7.11 Å². The molecular formula is C30H21N5OS2. The van der Waals surface area contributed by atoms with E-state index in [4.69, 9.17) is 19.9 Å². The predicted molar refractivity (Wildman–Crippen MR) is 155 cm³/mol. The zero-order chi connectivity index (χ0) is 25.5. The van der Waals surface area contributed by atoms with Crippen molar-refractivity contribution in [2.24, 2.45) is 0 Å². The number of methoxy groups -OCH3 is 1. The van der Waals surface area contributed by atoms with Crippen molar-refractivity contribution in [2.45, 2.75) is 0 Å². The van der Waals surface area contributed by atoms with E-state index < -0.39 is 0 Å². The van der Waals surface area contributed by atoms with E-state index in [1.807, 2.05) is 70.0 Å². The van der Waals surface area contributed by atoms with E-state index in [-0.39, 0.29) is 0 Å². The molecule has 4 aromatic heterocycles. The van der Waals surface area contributed by atoms with Crippen molar-refractivity contribution < 1.29 is 4.74 Å². The monoisotopic (exact) mass is 531 g/mol. The van der Waals surface area contributed by atoms with E-state index in [2.05, 4.69) is 48.0 Å². The van der Waals surface area contributed by atoms with Crippen LogP contribution < -0.4 is 4.74 Å². The van der Waals surface area contributed by atoms with Crippen molar-refractivity contribution in [3.63, 3.8) is 0 Å². The number of thiophene rings is 1. The summed E-state index contributed by atoms with van der Waals surface area (Å²) in [5.74, 6) is 0.808. The number of para-hydroxylation sites is 1. The van der Waals surface area contributed by atoms with Crippen LogP contribution in [0.4, 0.5) is 0 Å². The fourth-order valence-corrected chi connectivity index (χ4v) is 6.10. The highest BCUT2D eigenvalue weighted by atomic mass is 32.1. The van der Waals surface area contributed by atoms with E-state index in [9.17, 15) is 0 Å². The first-order valence-corrected chi connectivity index (χ1v) is 13.8. The first-order chi connectivity index (χ1) is 18.8. The summed E-state index contributed by atoms with van der Waals surface area (Å²) in [6, 6.07) is 32.7. The van der Waals surface area contributed by atoms with E-state index in [1.54, 1.807) is 29.8 Å². The molecule has 0 aliphatic rings. The lowest BCUT2D eigenvalue weighted by molar-refractivity contribution is 0.415. The highest BCUT2D eigenvalue weighted by molar-refractivity contribution is 7.20. The summed E-state index contributed by atoms with van der Waals surface area (Å²) in [5.41, 5.74) is 6.64. The van der Waals surface area contributed by atoms with Gasteiger partial charge >= 0.3 is 0 Å². The van der Waals surface area contributed by atoms with Crippen LogP contribution in [0.3, 0.4) is 0 Å². The fraction of sp³-hybridized carbons (Fsp3) is 0.0333. The number of benzene rings is 3. The molecule has 0 N–H and O–H groups in total. The van der Waals surface area contributed by atoms with Crippen molar-refractivity contribution in [3.05, 3.63) is 109 Å². The molecule has 0 radical (unpaired) electrons.